The lowest BCUT2D eigenvalue weighted by molar-refractivity contribution is 0.608. The van der Waals surface area contributed by atoms with Crippen LogP contribution in [-0.2, 0) is 6.54 Å². The topological polar surface area (TPSA) is 37.8 Å². The van der Waals surface area contributed by atoms with E-state index in [4.69, 9.17) is 0 Å². The fourth-order valence-corrected chi connectivity index (χ4v) is 2.37. The number of aryl methyl sites for hydroxylation is 2. The Kier molecular flexibility index (Phi) is 3.52. The first-order chi connectivity index (χ1) is 10.1. The van der Waals surface area contributed by atoms with E-state index in [1.54, 1.807) is 20.0 Å². The lowest BCUT2D eigenvalue weighted by Gasteiger charge is -2.09. The first kappa shape index (κ1) is 13.5. The molecule has 0 atom stereocenters. The number of para-hydroxylation sites is 2. The van der Waals surface area contributed by atoms with Crippen molar-refractivity contribution < 1.29 is 4.39 Å². The van der Waals surface area contributed by atoms with Gasteiger partial charge in [0, 0.05) is 6.54 Å². The molecule has 3 aromatic rings. The molecule has 0 spiro atoms. The Hall–Kier alpha value is -2.49. The average Bonchev–Trinajstić information content (AvgIpc) is 2.50. The Bertz CT molecular complexity index is 776. The van der Waals surface area contributed by atoms with Gasteiger partial charge in [-0.3, -0.25) is 4.98 Å². The van der Waals surface area contributed by atoms with Gasteiger partial charge in [0.05, 0.1) is 17.2 Å². The molecule has 0 amide bonds. The molecule has 0 fully saturated rings. The second-order valence-corrected chi connectivity index (χ2v) is 5.14. The molecule has 0 aliphatic rings. The predicted octanol–water partition coefficient (Wildman–Crippen LogP) is 4.00. The van der Waals surface area contributed by atoms with E-state index < -0.39 is 0 Å². The van der Waals surface area contributed by atoms with Crippen molar-refractivity contribution in [1.82, 2.24) is 9.97 Å². The molecular formula is C17H16FN3. The van der Waals surface area contributed by atoms with Crippen molar-refractivity contribution in [1.29, 1.82) is 0 Å². The van der Waals surface area contributed by atoms with Crippen molar-refractivity contribution in [3.8, 4) is 0 Å². The molecule has 1 N–H and O–H groups in total. The number of halogens is 1. The van der Waals surface area contributed by atoms with Gasteiger partial charge in [-0.25, -0.2) is 9.37 Å². The Morgan fingerprint density at radius 3 is 2.43 bits per heavy atom. The first-order valence-electron chi connectivity index (χ1n) is 6.85. The third kappa shape index (κ3) is 2.84. The van der Waals surface area contributed by atoms with Crippen LogP contribution in [0.5, 0.6) is 0 Å². The first-order valence-corrected chi connectivity index (χ1v) is 6.85. The molecule has 0 saturated heterocycles. The summed E-state index contributed by atoms with van der Waals surface area (Å²) in [6.07, 6.45) is 1.71. The zero-order valence-corrected chi connectivity index (χ0v) is 12.0. The molecular weight excluding hydrogens is 265 g/mol. The number of fused-ring (bicyclic) bond motifs is 1. The van der Waals surface area contributed by atoms with Gasteiger partial charge in [0.1, 0.15) is 11.6 Å². The van der Waals surface area contributed by atoms with Crippen molar-refractivity contribution in [3.63, 3.8) is 0 Å². The number of benzene rings is 2. The van der Waals surface area contributed by atoms with Gasteiger partial charge in [0.25, 0.3) is 0 Å². The second kappa shape index (κ2) is 5.48. The summed E-state index contributed by atoms with van der Waals surface area (Å²) in [5.74, 6) is 0.581. The van der Waals surface area contributed by atoms with Gasteiger partial charge < -0.3 is 5.32 Å². The zero-order chi connectivity index (χ0) is 14.8. The van der Waals surface area contributed by atoms with Crippen molar-refractivity contribution in [2.24, 2.45) is 0 Å². The fourth-order valence-electron chi connectivity index (χ4n) is 2.37. The van der Waals surface area contributed by atoms with E-state index in [9.17, 15) is 4.39 Å². The summed E-state index contributed by atoms with van der Waals surface area (Å²) in [4.78, 5) is 8.86. The van der Waals surface area contributed by atoms with Gasteiger partial charge in [0.15, 0.2) is 0 Å². The summed E-state index contributed by atoms with van der Waals surface area (Å²) >= 11 is 0. The molecule has 1 aromatic heterocycles. The maximum atomic E-state index is 13.6. The Balaban J connectivity index is 1.80. The van der Waals surface area contributed by atoms with Gasteiger partial charge in [-0.1, -0.05) is 24.3 Å². The van der Waals surface area contributed by atoms with E-state index in [0.717, 1.165) is 16.6 Å². The largest absolute Gasteiger partial charge is 0.365 e. The van der Waals surface area contributed by atoms with Crippen LogP contribution in [0.15, 0.2) is 42.6 Å². The number of hydrogen-bond donors (Lipinski definition) is 1. The standard InChI is InChI=1S/C17H16FN3/c1-11-7-13(8-12(2)17(11)18)9-20-16-10-19-14-5-3-4-6-15(14)21-16/h3-8,10H,9H2,1-2H3,(H,20,21). The van der Waals surface area contributed by atoms with Crippen LogP contribution in [0.25, 0.3) is 11.0 Å². The summed E-state index contributed by atoms with van der Waals surface area (Å²) in [6, 6.07) is 11.4. The normalized spacial score (nSPS) is 10.8. The molecule has 0 unspecified atom stereocenters. The second-order valence-electron chi connectivity index (χ2n) is 5.14. The highest BCUT2D eigenvalue weighted by Gasteiger charge is 2.05. The molecule has 0 aliphatic heterocycles. The summed E-state index contributed by atoms with van der Waals surface area (Å²) < 4.78 is 13.6. The summed E-state index contributed by atoms with van der Waals surface area (Å²) in [5.41, 5.74) is 4.08. The van der Waals surface area contributed by atoms with Crippen molar-refractivity contribution in [3.05, 3.63) is 65.1 Å². The summed E-state index contributed by atoms with van der Waals surface area (Å²) in [5, 5.41) is 3.23. The van der Waals surface area contributed by atoms with E-state index in [2.05, 4.69) is 15.3 Å². The zero-order valence-electron chi connectivity index (χ0n) is 12.0. The highest BCUT2D eigenvalue weighted by Crippen LogP contribution is 2.16. The maximum Gasteiger partial charge on any atom is 0.145 e. The van der Waals surface area contributed by atoms with Gasteiger partial charge in [-0.2, -0.15) is 0 Å². The lowest BCUT2D eigenvalue weighted by Crippen LogP contribution is -2.03. The number of anilines is 1. The van der Waals surface area contributed by atoms with Gasteiger partial charge in [-0.05, 0) is 42.7 Å². The molecule has 4 heteroatoms. The Morgan fingerprint density at radius 2 is 1.71 bits per heavy atom. The van der Waals surface area contributed by atoms with E-state index in [1.807, 2.05) is 36.4 Å². The maximum absolute atomic E-state index is 13.6. The molecule has 3 nitrogen and oxygen atoms in total. The van der Waals surface area contributed by atoms with E-state index in [-0.39, 0.29) is 5.82 Å². The predicted molar refractivity (Wildman–Crippen MR) is 82.7 cm³/mol. The minimum absolute atomic E-state index is 0.135. The smallest absolute Gasteiger partial charge is 0.145 e. The third-order valence-electron chi connectivity index (χ3n) is 3.42. The van der Waals surface area contributed by atoms with E-state index in [1.165, 1.54) is 0 Å². The van der Waals surface area contributed by atoms with E-state index in [0.29, 0.717) is 23.5 Å². The SMILES string of the molecule is Cc1cc(CNc2cnc3ccccc3n2)cc(C)c1F. The van der Waals surface area contributed by atoms with Crippen molar-refractivity contribution >= 4 is 16.9 Å². The monoisotopic (exact) mass is 281 g/mol. The van der Waals surface area contributed by atoms with Crippen LogP contribution in [0.1, 0.15) is 16.7 Å². The quantitative estimate of drug-likeness (QED) is 0.788. The number of rotatable bonds is 3. The Morgan fingerprint density at radius 1 is 1.05 bits per heavy atom. The number of nitrogens with zero attached hydrogens (tertiary/aromatic N) is 2. The average molecular weight is 281 g/mol. The summed E-state index contributed by atoms with van der Waals surface area (Å²) in [7, 11) is 0. The molecule has 0 radical (unpaired) electrons. The molecule has 1 heterocycles. The lowest BCUT2D eigenvalue weighted by atomic mass is 10.1. The van der Waals surface area contributed by atoms with Gasteiger partial charge in [0.2, 0.25) is 0 Å². The molecule has 21 heavy (non-hydrogen) atoms. The molecule has 3 rings (SSSR count). The number of aromatic nitrogens is 2. The molecule has 2 aromatic carbocycles. The van der Waals surface area contributed by atoms with Crippen LogP contribution >= 0.6 is 0 Å². The number of hydrogen-bond acceptors (Lipinski definition) is 3. The third-order valence-corrected chi connectivity index (χ3v) is 3.42. The molecule has 106 valence electrons. The Labute approximate surface area is 122 Å². The summed E-state index contributed by atoms with van der Waals surface area (Å²) in [6.45, 7) is 4.15. The van der Waals surface area contributed by atoms with Crippen LogP contribution in [0.4, 0.5) is 10.2 Å². The molecule has 0 bridgehead atoms. The number of nitrogens with one attached hydrogen (secondary N) is 1. The van der Waals surface area contributed by atoms with E-state index >= 15 is 0 Å². The minimum atomic E-state index is -0.135. The van der Waals surface area contributed by atoms with Crippen molar-refractivity contribution in [2.75, 3.05) is 5.32 Å². The van der Waals surface area contributed by atoms with Crippen molar-refractivity contribution in [2.45, 2.75) is 20.4 Å². The highest BCUT2D eigenvalue weighted by molar-refractivity contribution is 5.75. The van der Waals surface area contributed by atoms with Crippen LogP contribution in [0.2, 0.25) is 0 Å². The fraction of sp³-hybridized carbons (Fsp3) is 0.176. The molecule has 0 saturated carbocycles. The highest BCUT2D eigenvalue weighted by atomic mass is 19.1. The minimum Gasteiger partial charge on any atom is -0.365 e. The molecule has 0 aliphatic carbocycles. The van der Waals surface area contributed by atoms with Crippen LogP contribution in [0, 0.1) is 19.7 Å². The van der Waals surface area contributed by atoms with Crippen LogP contribution < -0.4 is 5.32 Å². The van der Waals surface area contributed by atoms with Crippen LogP contribution in [-0.4, -0.2) is 9.97 Å². The van der Waals surface area contributed by atoms with Gasteiger partial charge in [-0.15, -0.1) is 0 Å². The van der Waals surface area contributed by atoms with Gasteiger partial charge >= 0.3 is 0 Å². The van der Waals surface area contributed by atoms with Crippen LogP contribution in [0.3, 0.4) is 0 Å².